The average molecular weight is 701 g/mol. The monoisotopic (exact) mass is 700 g/mol. The standard InChI is InChI=1S/C40H36N4O6S/c1-48-38(46)33(41-37(45)36-23-14-24-51-36)25-28-15-12-13-22-32(28)34-26-44(43-42-34)35(39(47)49-2)27-50-40(29-16-6-3-7-17-29,30-18-8-4-9-19-30)31-20-10-5-11-21-31/h3-24,26,33,35H,25,27H2,1-2H3,(H,41,45)/t33-,35-/m0/s1. The zero-order valence-electron chi connectivity index (χ0n) is 28.0. The van der Waals surface area contributed by atoms with Crippen LogP contribution in [0.5, 0.6) is 0 Å². The SMILES string of the molecule is COC(=O)[C@H](Cc1ccccc1-c1cn([C@@H](COC(c2ccccc2)(c2ccccc2)c2ccccc2)C(=O)OC)nn1)NC(=O)c1cccs1. The third-order valence-electron chi connectivity index (χ3n) is 8.55. The number of rotatable bonds is 14. The highest BCUT2D eigenvalue weighted by atomic mass is 32.1. The Hall–Kier alpha value is -5.91. The Balaban J connectivity index is 1.33. The summed E-state index contributed by atoms with van der Waals surface area (Å²) < 4.78 is 18.6. The third kappa shape index (κ3) is 7.64. The minimum absolute atomic E-state index is 0.116. The molecule has 0 fully saturated rings. The lowest BCUT2D eigenvalue weighted by molar-refractivity contribution is -0.148. The summed E-state index contributed by atoms with van der Waals surface area (Å²) >= 11 is 1.28. The summed E-state index contributed by atoms with van der Waals surface area (Å²) in [6, 6.07) is 38.4. The molecule has 0 spiro atoms. The number of esters is 2. The number of carbonyl (C=O) groups excluding carboxylic acids is 3. The molecular weight excluding hydrogens is 665 g/mol. The van der Waals surface area contributed by atoms with Crippen molar-refractivity contribution in [3.05, 3.63) is 166 Å². The summed E-state index contributed by atoms with van der Waals surface area (Å²) in [6.45, 7) is -0.116. The predicted molar refractivity (Wildman–Crippen MR) is 193 cm³/mol. The van der Waals surface area contributed by atoms with Crippen molar-refractivity contribution in [2.75, 3.05) is 20.8 Å². The topological polar surface area (TPSA) is 122 Å². The lowest BCUT2D eigenvalue weighted by atomic mass is 9.80. The molecule has 0 bridgehead atoms. The van der Waals surface area contributed by atoms with Crippen LogP contribution in [-0.2, 0) is 35.8 Å². The number of hydrogen-bond acceptors (Lipinski definition) is 9. The number of thiophene rings is 1. The number of carbonyl (C=O) groups is 3. The summed E-state index contributed by atoms with van der Waals surface area (Å²) in [7, 11) is 2.60. The van der Waals surface area contributed by atoms with E-state index in [1.54, 1.807) is 23.7 Å². The largest absolute Gasteiger partial charge is 0.467 e. The van der Waals surface area contributed by atoms with Crippen molar-refractivity contribution in [1.82, 2.24) is 20.3 Å². The van der Waals surface area contributed by atoms with Crippen LogP contribution in [0.4, 0.5) is 0 Å². The number of hydrogen-bond donors (Lipinski definition) is 1. The van der Waals surface area contributed by atoms with E-state index in [2.05, 4.69) is 15.6 Å². The molecule has 1 N–H and O–H groups in total. The van der Waals surface area contributed by atoms with E-state index in [0.717, 1.165) is 16.7 Å². The summed E-state index contributed by atoms with van der Waals surface area (Å²) in [5, 5.41) is 13.4. The van der Waals surface area contributed by atoms with Crippen LogP contribution >= 0.6 is 11.3 Å². The normalized spacial score (nSPS) is 12.4. The maximum Gasteiger partial charge on any atom is 0.333 e. The molecule has 2 atom stereocenters. The van der Waals surface area contributed by atoms with Gasteiger partial charge < -0.3 is 19.5 Å². The Morgan fingerprint density at radius 3 is 1.86 bits per heavy atom. The molecule has 0 aliphatic carbocycles. The predicted octanol–water partition coefficient (Wildman–Crippen LogP) is 6.24. The Labute approximate surface area is 299 Å². The fourth-order valence-electron chi connectivity index (χ4n) is 6.05. The fraction of sp³-hybridized carbons (Fsp3) is 0.175. The van der Waals surface area contributed by atoms with Gasteiger partial charge in [0.1, 0.15) is 17.3 Å². The van der Waals surface area contributed by atoms with Gasteiger partial charge in [-0.2, -0.15) is 0 Å². The molecule has 0 radical (unpaired) electrons. The van der Waals surface area contributed by atoms with Crippen LogP contribution in [0.15, 0.2) is 139 Å². The Bertz CT molecular complexity index is 1960. The van der Waals surface area contributed by atoms with Crippen LogP contribution < -0.4 is 5.32 Å². The van der Waals surface area contributed by atoms with E-state index in [4.69, 9.17) is 14.2 Å². The van der Waals surface area contributed by atoms with Crippen LogP contribution in [0.2, 0.25) is 0 Å². The first-order valence-corrected chi connectivity index (χ1v) is 17.1. The Morgan fingerprint density at radius 1 is 0.745 bits per heavy atom. The summed E-state index contributed by atoms with van der Waals surface area (Å²) in [5.41, 5.74) is 3.39. The van der Waals surface area contributed by atoms with Crippen LogP contribution in [0.3, 0.4) is 0 Å². The molecule has 6 rings (SSSR count). The molecule has 10 nitrogen and oxygen atoms in total. The molecule has 1 amide bonds. The first-order valence-electron chi connectivity index (χ1n) is 16.2. The van der Waals surface area contributed by atoms with E-state index in [-0.39, 0.29) is 18.9 Å². The van der Waals surface area contributed by atoms with Crippen LogP contribution in [0, 0.1) is 0 Å². The molecule has 0 aliphatic rings. The first kappa shape index (κ1) is 34.9. The average Bonchev–Trinajstić information content (AvgIpc) is 3.91. The van der Waals surface area contributed by atoms with E-state index in [1.165, 1.54) is 30.2 Å². The molecule has 2 heterocycles. The maximum absolute atomic E-state index is 13.4. The van der Waals surface area contributed by atoms with E-state index in [0.29, 0.717) is 21.7 Å². The van der Waals surface area contributed by atoms with Gasteiger partial charge in [0.25, 0.3) is 5.91 Å². The number of amides is 1. The van der Waals surface area contributed by atoms with Gasteiger partial charge in [-0.15, -0.1) is 16.4 Å². The smallest absolute Gasteiger partial charge is 0.333 e. The van der Waals surface area contributed by atoms with Crippen molar-refractivity contribution in [3.8, 4) is 11.3 Å². The molecular formula is C40H36N4O6S. The van der Waals surface area contributed by atoms with Gasteiger partial charge in [-0.25, -0.2) is 14.3 Å². The Morgan fingerprint density at radius 2 is 1.31 bits per heavy atom. The zero-order valence-corrected chi connectivity index (χ0v) is 28.9. The van der Waals surface area contributed by atoms with Gasteiger partial charge >= 0.3 is 11.9 Å². The van der Waals surface area contributed by atoms with Crippen LogP contribution in [-0.4, -0.2) is 59.7 Å². The van der Waals surface area contributed by atoms with E-state index in [1.807, 2.05) is 115 Å². The highest BCUT2D eigenvalue weighted by Crippen LogP contribution is 2.41. The number of nitrogens with zero attached hydrogens (tertiary/aromatic N) is 3. The van der Waals surface area contributed by atoms with Gasteiger partial charge in [-0.3, -0.25) is 4.79 Å². The molecule has 4 aromatic carbocycles. The van der Waals surface area contributed by atoms with Crippen molar-refractivity contribution in [1.29, 1.82) is 0 Å². The molecule has 258 valence electrons. The zero-order chi connectivity index (χ0) is 35.6. The van der Waals surface area contributed by atoms with Crippen molar-refractivity contribution in [2.24, 2.45) is 0 Å². The lowest BCUT2D eigenvalue weighted by Gasteiger charge is -2.36. The highest BCUT2D eigenvalue weighted by molar-refractivity contribution is 7.12. The van der Waals surface area contributed by atoms with Gasteiger partial charge in [0.05, 0.1) is 31.9 Å². The minimum atomic E-state index is -1.08. The maximum atomic E-state index is 13.4. The second-order valence-electron chi connectivity index (χ2n) is 11.6. The Kier molecular flexibility index (Phi) is 11.1. The number of benzene rings is 4. The summed E-state index contributed by atoms with van der Waals surface area (Å²) in [6.07, 6.45) is 1.78. The number of ether oxygens (including phenoxy) is 3. The van der Waals surface area contributed by atoms with Crippen molar-refractivity contribution in [3.63, 3.8) is 0 Å². The van der Waals surface area contributed by atoms with Gasteiger partial charge in [0, 0.05) is 12.0 Å². The second kappa shape index (κ2) is 16.2. The van der Waals surface area contributed by atoms with E-state index in [9.17, 15) is 14.4 Å². The van der Waals surface area contributed by atoms with Gasteiger partial charge in [0.2, 0.25) is 0 Å². The third-order valence-corrected chi connectivity index (χ3v) is 9.42. The molecule has 11 heteroatoms. The number of aromatic nitrogens is 3. The first-order chi connectivity index (χ1) is 24.9. The van der Waals surface area contributed by atoms with Gasteiger partial charge in [-0.05, 0) is 33.7 Å². The van der Waals surface area contributed by atoms with E-state index < -0.39 is 29.6 Å². The van der Waals surface area contributed by atoms with Gasteiger partial charge in [-0.1, -0.05) is 127 Å². The summed E-state index contributed by atoms with van der Waals surface area (Å²) in [5.74, 6) is -1.52. The quantitative estimate of drug-likeness (QED) is 0.105. The molecule has 51 heavy (non-hydrogen) atoms. The molecule has 2 aromatic heterocycles. The minimum Gasteiger partial charge on any atom is -0.467 e. The molecule has 0 saturated heterocycles. The van der Waals surface area contributed by atoms with Crippen molar-refractivity contribution >= 4 is 29.2 Å². The highest BCUT2D eigenvalue weighted by Gasteiger charge is 2.39. The molecule has 0 saturated carbocycles. The fourth-order valence-corrected chi connectivity index (χ4v) is 6.68. The van der Waals surface area contributed by atoms with Crippen LogP contribution in [0.25, 0.3) is 11.3 Å². The van der Waals surface area contributed by atoms with Crippen molar-refractivity contribution in [2.45, 2.75) is 24.1 Å². The molecule has 0 unspecified atom stereocenters. The van der Waals surface area contributed by atoms with E-state index >= 15 is 0 Å². The van der Waals surface area contributed by atoms with Crippen molar-refractivity contribution < 1.29 is 28.6 Å². The molecule has 0 aliphatic heterocycles. The van der Waals surface area contributed by atoms with Crippen LogP contribution in [0.1, 0.15) is 38.0 Å². The second-order valence-corrected chi connectivity index (χ2v) is 12.5. The number of methoxy groups -OCH3 is 2. The summed E-state index contributed by atoms with van der Waals surface area (Å²) in [4.78, 5) is 39.6. The molecule has 6 aromatic rings. The lowest BCUT2D eigenvalue weighted by Crippen LogP contribution is -2.42. The van der Waals surface area contributed by atoms with Gasteiger partial charge in [0.15, 0.2) is 6.04 Å². The number of nitrogens with one attached hydrogen (secondary N) is 1.